The van der Waals surface area contributed by atoms with Gasteiger partial charge in [0.2, 0.25) is 0 Å². The van der Waals surface area contributed by atoms with Crippen molar-refractivity contribution in [3.63, 3.8) is 0 Å². The lowest BCUT2D eigenvalue weighted by Gasteiger charge is -2.34. The molecule has 0 aliphatic carbocycles. The van der Waals surface area contributed by atoms with Crippen LogP contribution < -0.4 is 5.43 Å². The molecule has 98 valence electrons. The molecule has 5 nitrogen and oxygen atoms in total. The maximum Gasteiger partial charge on any atom is 0.259 e. The fraction of sp³-hybridized carbons (Fsp3) is 0.538. The molecule has 1 amide bonds. The number of aromatic nitrogens is 1. The van der Waals surface area contributed by atoms with Gasteiger partial charge in [-0.15, -0.1) is 0 Å². The van der Waals surface area contributed by atoms with Gasteiger partial charge in [0.25, 0.3) is 5.91 Å². The molecule has 1 fully saturated rings. The van der Waals surface area contributed by atoms with Gasteiger partial charge in [0.15, 0.2) is 5.43 Å². The first-order chi connectivity index (χ1) is 8.72. The third kappa shape index (κ3) is 2.79. The number of amides is 1. The number of pyridine rings is 1. The first kappa shape index (κ1) is 12.8. The predicted molar refractivity (Wildman–Crippen MR) is 69.7 cm³/mol. The fourth-order valence-corrected chi connectivity index (χ4v) is 2.24. The summed E-state index contributed by atoms with van der Waals surface area (Å²) in [5.41, 5.74) is 0.0242. The Morgan fingerprint density at radius 1 is 1.33 bits per heavy atom. The largest absolute Gasteiger partial charge is 0.367 e. The molecule has 1 saturated heterocycles. The zero-order valence-corrected chi connectivity index (χ0v) is 10.7. The Labute approximate surface area is 106 Å². The minimum Gasteiger partial charge on any atom is -0.367 e. The lowest BCUT2D eigenvalue weighted by Crippen LogP contribution is -2.49. The molecule has 0 aromatic carbocycles. The van der Waals surface area contributed by atoms with Crippen molar-refractivity contribution in [2.45, 2.75) is 13.3 Å². The molecule has 18 heavy (non-hydrogen) atoms. The quantitative estimate of drug-likeness (QED) is 0.850. The van der Waals surface area contributed by atoms with Gasteiger partial charge in [-0.2, -0.15) is 0 Å². The summed E-state index contributed by atoms with van der Waals surface area (Å²) >= 11 is 0. The van der Waals surface area contributed by atoms with Crippen LogP contribution in [0.5, 0.6) is 0 Å². The van der Waals surface area contributed by atoms with Gasteiger partial charge in [-0.1, -0.05) is 6.92 Å². The number of carbonyl (C=O) groups excluding carboxylic acids is 1. The number of carbonyl (C=O) groups is 1. The van der Waals surface area contributed by atoms with Crippen LogP contribution in [-0.4, -0.2) is 53.4 Å². The van der Waals surface area contributed by atoms with E-state index in [1.807, 2.05) is 0 Å². The number of nitrogens with one attached hydrogen (secondary N) is 1. The molecule has 5 heteroatoms. The summed E-state index contributed by atoms with van der Waals surface area (Å²) in [6.07, 6.45) is 4.16. The van der Waals surface area contributed by atoms with Crippen LogP contribution in [0.15, 0.2) is 23.3 Å². The van der Waals surface area contributed by atoms with Crippen LogP contribution in [-0.2, 0) is 0 Å². The zero-order valence-electron chi connectivity index (χ0n) is 10.7. The third-order valence-corrected chi connectivity index (χ3v) is 3.25. The lowest BCUT2D eigenvalue weighted by molar-refractivity contribution is 0.0636. The maximum atomic E-state index is 12.2. The highest BCUT2D eigenvalue weighted by Crippen LogP contribution is 2.06. The molecule has 1 N–H and O–H groups in total. The summed E-state index contributed by atoms with van der Waals surface area (Å²) < 4.78 is 0. The second kappa shape index (κ2) is 5.82. The second-order valence-electron chi connectivity index (χ2n) is 4.56. The minimum absolute atomic E-state index is 0.159. The van der Waals surface area contributed by atoms with Crippen molar-refractivity contribution in [1.29, 1.82) is 0 Å². The average molecular weight is 249 g/mol. The van der Waals surface area contributed by atoms with Crippen LogP contribution in [0, 0.1) is 0 Å². The normalized spacial score (nSPS) is 16.8. The van der Waals surface area contributed by atoms with E-state index >= 15 is 0 Å². The van der Waals surface area contributed by atoms with Gasteiger partial charge in [0.05, 0.1) is 0 Å². The smallest absolute Gasteiger partial charge is 0.259 e. The molecule has 0 bridgehead atoms. The summed E-state index contributed by atoms with van der Waals surface area (Å²) in [6.45, 7) is 6.42. The fourth-order valence-electron chi connectivity index (χ4n) is 2.24. The second-order valence-corrected chi connectivity index (χ2v) is 4.56. The average Bonchev–Trinajstić information content (AvgIpc) is 2.40. The highest BCUT2D eigenvalue weighted by Gasteiger charge is 2.22. The van der Waals surface area contributed by atoms with Crippen molar-refractivity contribution < 1.29 is 4.79 Å². The van der Waals surface area contributed by atoms with Gasteiger partial charge in [0, 0.05) is 44.6 Å². The highest BCUT2D eigenvalue weighted by atomic mass is 16.2. The Morgan fingerprint density at radius 3 is 2.67 bits per heavy atom. The van der Waals surface area contributed by atoms with Crippen LogP contribution in [0.25, 0.3) is 0 Å². The van der Waals surface area contributed by atoms with Crippen molar-refractivity contribution in [3.8, 4) is 0 Å². The van der Waals surface area contributed by atoms with Crippen molar-refractivity contribution in [3.05, 3.63) is 34.2 Å². The van der Waals surface area contributed by atoms with Gasteiger partial charge in [-0.05, 0) is 13.0 Å². The minimum atomic E-state index is -0.213. The molecule has 1 aliphatic heterocycles. The number of rotatable bonds is 3. The first-order valence-corrected chi connectivity index (χ1v) is 6.41. The van der Waals surface area contributed by atoms with E-state index in [0.29, 0.717) is 13.1 Å². The van der Waals surface area contributed by atoms with Crippen LogP contribution in [0.1, 0.15) is 23.7 Å². The van der Waals surface area contributed by atoms with Gasteiger partial charge < -0.3 is 9.88 Å². The van der Waals surface area contributed by atoms with Crippen LogP contribution >= 0.6 is 0 Å². The number of piperazine rings is 1. The van der Waals surface area contributed by atoms with Crippen molar-refractivity contribution >= 4 is 5.91 Å². The Balaban J connectivity index is 2.00. The number of nitrogens with zero attached hydrogens (tertiary/aromatic N) is 2. The van der Waals surface area contributed by atoms with E-state index in [1.54, 1.807) is 4.90 Å². The van der Waals surface area contributed by atoms with E-state index in [9.17, 15) is 9.59 Å². The van der Waals surface area contributed by atoms with Crippen molar-refractivity contribution in [1.82, 2.24) is 14.8 Å². The van der Waals surface area contributed by atoms with E-state index in [0.717, 1.165) is 26.1 Å². The molecule has 0 unspecified atom stereocenters. The van der Waals surface area contributed by atoms with Crippen LogP contribution in [0.2, 0.25) is 0 Å². The van der Waals surface area contributed by atoms with Gasteiger partial charge in [-0.3, -0.25) is 14.5 Å². The first-order valence-electron chi connectivity index (χ1n) is 6.41. The maximum absolute atomic E-state index is 12.2. The molecule has 0 saturated carbocycles. The van der Waals surface area contributed by atoms with E-state index in [-0.39, 0.29) is 16.9 Å². The zero-order chi connectivity index (χ0) is 13.0. The number of H-pyrrole nitrogens is 1. The molecule has 2 rings (SSSR count). The SMILES string of the molecule is CCCN1CCN(C(=O)c2c[nH]ccc2=O)CC1. The summed E-state index contributed by atoms with van der Waals surface area (Å²) in [5.74, 6) is -0.159. The molecule has 0 spiro atoms. The Bertz CT molecular complexity index is 461. The standard InChI is InChI=1S/C13H19N3O2/c1-2-5-15-6-8-16(9-7-15)13(18)11-10-14-4-3-12(11)17/h3-4,10H,2,5-9H2,1H3,(H,14,17). The molecular formula is C13H19N3O2. The van der Waals surface area contributed by atoms with E-state index in [1.165, 1.54) is 18.5 Å². The molecule has 1 aromatic heterocycles. The molecular weight excluding hydrogens is 230 g/mol. The topological polar surface area (TPSA) is 56.4 Å². The Hall–Kier alpha value is -1.62. The number of hydrogen-bond donors (Lipinski definition) is 1. The van der Waals surface area contributed by atoms with E-state index in [2.05, 4.69) is 16.8 Å². The molecule has 1 aliphatic rings. The lowest BCUT2D eigenvalue weighted by atomic mass is 10.2. The van der Waals surface area contributed by atoms with Gasteiger partial charge in [0.1, 0.15) is 5.56 Å². The summed E-state index contributed by atoms with van der Waals surface area (Å²) in [5, 5.41) is 0. The third-order valence-electron chi connectivity index (χ3n) is 3.25. The number of aromatic amines is 1. The van der Waals surface area contributed by atoms with Crippen LogP contribution in [0.4, 0.5) is 0 Å². The summed E-state index contributed by atoms with van der Waals surface area (Å²) in [7, 11) is 0. The Morgan fingerprint density at radius 2 is 2.06 bits per heavy atom. The number of hydrogen-bond acceptors (Lipinski definition) is 3. The summed E-state index contributed by atoms with van der Waals surface area (Å²) in [4.78, 5) is 30.7. The van der Waals surface area contributed by atoms with E-state index in [4.69, 9.17) is 0 Å². The Kier molecular flexibility index (Phi) is 4.15. The summed E-state index contributed by atoms with van der Waals surface area (Å²) in [6, 6.07) is 1.39. The molecule has 0 atom stereocenters. The van der Waals surface area contributed by atoms with Crippen LogP contribution in [0.3, 0.4) is 0 Å². The van der Waals surface area contributed by atoms with Gasteiger partial charge in [-0.25, -0.2) is 0 Å². The van der Waals surface area contributed by atoms with Crippen molar-refractivity contribution in [2.24, 2.45) is 0 Å². The molecule has 0 radical (unpaired) electrons. The van der Waals surface area contributed by atoms with E-state index < -0.39 is 0 Å². The highest BCUT2D eigenvalue weighted by molar-refractivity contribution is 5.93. The molecule has 2 heterocycles. The van der Waals surface area contributed by atoms with Gasteiger partial charge >= 0.3 is 0 Å². The van der Waals surface area contributed by atoms with Crippen molar-refractivity contribution in [2.75, 3.05) is 32.7 Å². The predicted octanol–water partition coefficient (Wildman–Crippen LogP) is 0.543. The molecule has 1 aromatic rings. The monoisotopic (exact) mass is 249 g/mol.